The van der Waals surface area contributed by atoms with Crippen molar-refractivity contribution in [2.45, 2.75) is 50.8 Å². The molecule has 3 N–H and O–H groups in total. The van der Waals surface area contributed by atoms with Gasteiger partial charge in [-0.2, -0.15) is 0 Å². The van der Waals surface area contributed by atoms with E-state index in [2.05, 4.69) is 5.32 Å². The van der Waals surface area contributed by atoms with Crippen molar-refractivity contribution in [2.24, 2.45) is 5.73 Å². The molecule has 5 heteroatoms. The summed E-state index contributed by atoms with van der Waals surface area (Å²) in [7, 11) is 0. The van der Waals surface area contributed by atoms with Crippen molar-refractivity contribution in [2.75, 3.05) is 19.6 Å². The highest BCUT2D eigenvalue weighted by Gasteiger charge is 2.47. The second-order valence-corrected chi connectivity index (χ2v) is 6.17. The summed E-state index contributed by atoms with van der Waals surface area (Å²) in [5.74, 6) is 0. The summed E-state index contributed by atoms with van der Waals surface area (Å²) < 4.78 is 5.38. The maximum Gasteiger partial charge on any atom is 0.410 e. The van der Waals surface area contributed by atoms with Gasteiger partial charge in [0.15, 0.2) is 0 Å². The molecule has 0 spiro atoms. The van der Waals surface area contributed by atoms with Gasteiger partial charge in [0.05, 0.1) is 0 Å². The van der Waals surface area contributed by atoms with E-state index in [1.54, 1.807) is 4.90 Å². The van der Waals surface area contributed by atoms with Crippen LogP contribution in [0.2, 0.25) is 0 Å². The number of rotatable bonds is 1. The Labute approximate surface area is 103 Å². The molecule has 2 fully saturated rings. The Hall–Kier alpha value is -0.810. The Balaban J connectivity index is 1.91. The largest absolute Gasteiger partial charge is 0.444 e. The molecule has 98 valence electrons. The van der Waals surface area contributed by atoms with Gasteiger partial charge in [-0.3, -0.25) is 0 Å². The van der Waals surface area contributed by atoms with E-state index in [4.69, 9.17) is 10.5 Å². The van der Waals surface area contributed by atoms with Crippen LogP contribution < -0.4 is 11.1 Å². The van der Waals surface area contributed by atoms with Crippen molar-refractivity contribution in [1.82, 2.24) is 10.2 Å². The standard InChI is InChI=1S/C12H23N3O2/c1-11(2,3)17-10(16)15-7-6-14-9(8-15)12(13)4-5-12/h9,14H,4-8,13H2,1-3H3. The molecule has 2 aliphatic rings. The lowest BCUT2D eigenvalue weighted by atomic mass is 10.0. The van der Waals surface area contributed by atoms with Crippen LogP contribution in [-0.4, -0.2) is 47.8 Å². The van der Waals surface area contributed by atoms with Crippen LogP contribution in [0.1, 0.15) is 33.6 Å². The number of nitrogens with zero attached hydrogens (tertiary/aromatic N) is 1. The first-order valence-electron chi connectivity index (χ1n) is 6.30. The lowest BCUT2D eigenvalue weighted by Gasteiger charge is -2.37. The highest BCUT2D eigenvalue weighted by molar-refractivity contribution is 5.68. The highest BCUT2D eigenvalue weighted by atomic mass is 16.6. The second kappa shape index (κ2) is 4.14. The molecular formula is C12H23N3O2. The minimum absolute atomic E-state index is 0.0965. The Kier molecular flexibility index (Phi) is 3.08. The molecule has 1 saturated carbocycles. The number of nitrogens with one attached hydrogen (secondary N) is 1. The first-order valence-corrected chi connectivity index (χ1v) is 6.30. The molecule has 1 aliphatic carbocycles. The lowest BCUT2D eigenvalue weighted by molar-refractivity contribution is 0.0183. The number of ether oxygens (including phenoxy) is 1. The average molecular weight is 241 g/mol. The molecule has 17 heavy (non-hydrogen) atoms. The first-order chi connectivity index (χ1) is 7.80. The van der Waals surface area contributed by atoms with Crippen LogP contribution in [0.25, 0.3) is 0 Å². The molecule has 0 aromatic heterocycles. The number of carbonyl (C=O) groups excluding carboxylic acids is 1. The summed E-state index contributed by atoms with van der Waals surface area (Å²) in [6.07, 6.45) is 1.87. The van der Waals surface area contributed by atoms with Gasteiger partial charge in [-0.1, -0.05) is 0 Å². The molecule has 0 aromatic carbocycles. The second-order valence-electron chi connectivity index (χ2n) is 6.17. The van der Waals surface area contributed by atoms with E-state index in [-0.39, 0.29) is 17.7 Å². The maximum atomic E-state index is 11.9. The Morgan fingerprint density at radius 3 is 2.65 bits per heavy atom. The number of amides is 1. The van der Waals surface area contributed by atoms with Gasteiger partial charge in [0.1, 0.15) is 5.60 Å². The van der Waals surface area contributed by atoms with Gasteiger partial charge < -0.3 is 20.7 Å². The number of hydrogen-bond acceptors (Lipinski definition) is 4. The third kappa shape index (κ3) is 3.10. The summed E-state index contributed by atoms with van der Waals surface area (Å²) in [6.45, 7) is 7.80. The predicted molar refractivity (Wildman–Crippen MR) is 65.8 cm³/mol. The Morgan fingerprint density at radius 1 is 1.47 bits per heavy atom. The van der Waals surface area contributed by atoms with E-state index in [9.17, 15) is 4.79 Å². The lowest BCUT2D eigenvalue weighted by Crippen LogP contribution is -2.60. The third-order valence-corrected chi connectivity index (χ3v) is 3.35. The van der Waals surface area contributed by atoms with Crippen molar-refractivity contribution in [3.63, 3.8) is 0 Å². The van der Waals surface area contributed by atoms with Crippen LogP contribution in [0.15, 0.2) is 0 Å². The van der Waals surface area contributed by atoms with E-state index < -0.39 is 5.60 Å². The molecule has 2 rings (SSSR count). The Bertz CT molecular complexity index is 307. The highest BCUT2D eigenvalue weighted by Crippen LogP contribution is 2.36. The van der Waals surface area contributed by atoms with Crippen molar-refractivity contribution in [3.8, 4) is 0 Å². The molecule has 0 radical (unpaired) electrons. The van der Waals surface area contributed by atoms with E-state index in [0.29, 0.717) is 13.1 Å². The minimum Gasteiger partial charge on any atom is -0.444 e. The minimum atomic E-state index is -0.433. The number of carbonyl (C=O) groups is 1. The first kappa shape index (κ1) is 12.6. The summed E-state index contributed by atoms with van der Waals surface area (Å²) >= 11 is 0. The monoisotopic (exact) mass is 241 g/mol. The topological polar surface area (TPSA) is 67.6 Å². The van der Waals surface area contributed by atoms with Gasteiger partial charge in [-0.15, -0.1) is 0 Å². The van der Waals surface area contributed by atoms with E-state index in [1.165, 1.54) is 0 Å². The van der Waals surface area contributed by atoms with E-state index in [1.807, 2.05) is 20.8 Å². The van der Waals surface area contributed by atoms with Crippen molar-refractivity contribution in [3.05, 3.63) is 0 Å². The zero-order chi connectivity index (χ0) is 12.7. The third-order valence-electron chi connectivity index (χ3n) is 3.35. The summed E-state index contributed by atoms with van der Waals surface area (Å²) in [5, 5.41) is 3.39. The fourth-order valence-corrected chi connectivity index (χ4v) is 2.12. The van der Waals surface area contributed by atoms with Crippen LogP contribution in [0.3, 0.4) is 0 Å². The van der Waals surface area contributed by atoms with Gasteiger partial charge >= 0.3 is 6.09 Å². The fraction of sp³-hybridized carbons (Fsp3) is 0.917. The molecule has 0 bridgehead atoms. The van der Waals surface area contributed by atoms with E-state index >= 15 is 0 Å². The molecule has 1 heterocycles. The molecule has 0 aromatic rings. The molecular weight excluding hydrogens is 218 g/mol. The maximum absolute atomic E-state index is 11.9. The van der Waals surface area contributed by atoms with Crippen LogP contribution >= 0.6 is 0 Å². The molecule has 5 nitrogen and oxygen atoms in total. The van der Waals surface area contributed by atoms with Crippen molar-refractivity contribution < 1.29 is 9.53 Å². The van der Waals surface area contributed by atoms with Gasteiger partial charge in [0.25, 0.3) is 0 Å². The zero-order valence-electron chi connectivity index (χ0n) is 11.0. The molecule has 1 amide bonds. The normalized spacial score (nSPS) is 27.8. The quantitative estimate of drug-likeness (QED) is 0.708. The van der Waals surface area contributed by atoms with Crippen LogP contribution in [0, 0.1) is 0 Å². The molecule has 1 aliphatic heterocycles. The molecule has 1 saturated heterocycles. The smallest absolute Gasteiger partial charge is 0.410 e. The van der Waals surface area contributed by atoms with E-state index in [0.717, 1.165) is 19.4 Å². The molecule has 1 unspecified atom stereocenters. The van der Waals surface area contributed by atoms with Crippen LogP contribution in [0.4, 0.5) is 4.79 Å². The number of piperazine rings is 1. The summed E-state index contributed by atoms with van der Waals surface area (Å²) in [5.41, 5.74) is 5.64. The van der Waals surface area contributed by atoms with Gasteiger partial charge in [0.2, 0.25) is 0 Å². The van der Waals surface area contributed by atoms with Crippen LogP contribution in [0.5, 0.6) is 0 Å². The SMILES string of the molecule is CC(C)(C)OC(=O)N1CCNC(C2(N)CC2)C1. The van der Waals surface area contributed by atoms with Gasteiger partial charge in [-0.05, 0) is 33.6 Å². The zero-order valence-corrected chi connectivity index (χ0v) is 11.0. The predicted octanol–water partition coefficient (Wildman–Crippen LogP) is 0.687. The van der Waals surface area contributed by atoms with Crippen molar-refractivity contribution >= 4 is 6.09 Å². The van der Waals surface area contributed by atoms with Gasteiger partial charge in [0, 0.05) is 31.2 Å². The average Bonchev–Trinajstić information content (AvgIpc) is 2.96. The Morgan fingerprint density at radius 2 is 2.12 bits per heavy atom. The van der Waals surface area contributed by atoms with Gasteiger partial charge in [-0.25, -0.2) is 4.79 Å². The number of hydrogen-bond donors (Lipinski definition) is 2. The fourth-order valence-electron chi connectivity index (χ4n) is 2.12. The van der Waals surface area contributed by atoms with Crippen LogP contribution in [-0.2, 0) is 4.74 Å². The summed E-state index contributed by atoms with van der Waals surface area (Å²) in [6, 6.07) is 0.212. The number of nitrogens with two attached hydrogens (primary N) is 1. The molecule has 1 atom stereocenters. The van der Waals surface area contributed by atoms with Crippen molar-refractivity contribution in [1.29, 1.82) is 0 Å². The summed E-state index contributed by atoms with van der Waals surface area (Å²) in [4.78, 5) is 13.7.